The third kappa shape index (κ3) is 2.34. The summed E-state index contributed by atoms with van der Waals surface area (Å²) in [6, 6.07) is 0.784. The van der Waals surface area contributed by atoms with Crippen molar-refractivity contribution < 1.29 is 0 Å². The highest BCUT2D eigenvalue weighted by Crippen LogP contribution is 2.11. The fourth-order valence-electron chi connectivity index (χ4n) is 2.48. The summed E-state index contributed by atoms with van der Waals surface area (Å²) in [4.78, 5) is 9.34. The Morgan fingerprint density at radius 1 is 1.29 bits per heavy atom. The summed E-state index contributed by atoms with van der Waals surface area (Å²) in [7, 11) is 1.96. The van der Waals surface area contributed by atoms with Crippen molar-refractivity contribution in [1.29, 1.82) is 0 Å². The molecule has 1 N–H and O–H groups in total. The number of aryl methyl sites for hydroxylation is 1. The third-order valence-corrected chi connectivity index (χ3v) is 3.85. The summed E-state index contributed by atoms with van der Waals surface area (Å²) < 4.78 is 1.86. The van der Waals surface area contributed by atoms with Crippen LogP contribution in [0, 0.1) is 0 Å². The molecular formula is C11H20N6. The molecule has 0 saturated carbocycles. The van der Waals surface area contributed by atoms with E-state index in [9.17, 15) is 0 Å². The van der Waals surface area contributed by atoms with E-state index in [1.165, 1.54) is 26.2 Å². The molecule has 17 heavy (non-hydrogen) atoms. The minimum absolute atomic E-state index is 0.784. The summed E-state index contributed by atoms with van der Waals surface area (Å²) in [5.74, 6) is 1.06. The lowest BCUT2D eigenvalue weighted by Crippen LogP contribution is -2.61. The van der Waals surface area contributed by atoms with Gasteiger partial charge in [0.2, 0.25) is 0 Å². The smallest absolute Gasteiger partial charge is 0.140 e. The molecule has 6 nitrogen and oxygen atoms in total. The first-order valence-corrected chi connectivity index (χ1v) is 6.33. The standard InChI is InChI=1S/C11H20N6/c1-15-11(13-9-14-15)8-16-2-4-17(5-3-16)10-6-12-7-10/h9-10,12H,2-8H2,1H3. The minimum atomic E-state index is 0.784. The fourth-order valence-corrected chi connectivity index (χ4v) is 2.48. The number of aromatic nitrogens is 3. The number of hydrogen-bond acceptors (Lipinski definition) is 5. The van der Waals surface area contributed by atoms with Crippen LogP contribution in [0.5, 0.6) is 0 Å². The van der Waals surface area contributed by atoms with Gasteiger partial charge in [0.15, 0.2) is 0 Å². The van der Waals surface area contributed by atoms with Gasteiger partial charge in [-0.3, -0.25) is 14.5 Å². The van der Waals surface area contributed by atoms with Crippen LogP contribution in [0.2, 0.25) is 0 Å². The highest BCUT2D eigenvalue weighted by Gasteiger charge is 2.27. The maximum absolute atomic E-state index is 4.28. The van der Waals surface area contributed by atoms with Crippen molar-refractivity contribution >= 4 is 0 Å². The Morgan fingerprint density at radius 2 is 2.06 bits per heavy atom. The van der Waals surface area contributed by atoms with Gasteiger partial charge in [-0.2, -0.15) is 5.10 Å². The van der Waals surface area contributed by atoms with E-state index in [2.05, 4.69) is 25.2 Å². The molecule has 2 aliphatic heterocycles. The quantitative estimate of drug-likeness (QED) is 0.722. The lowest BCUT2D eigenvalue weighted by Gasteiger charge is -2.43. The average molecular weight is 236 g/mol. The molecule has 0 spiro atoms. The van der Waals surface area contributed by atoms with Gasteiger partial charge in [-0.1, -0.05) is 0 Å². The first-order chi connectivity index (χ1) is 8.33. The number of nitrogens with zero attached hydrogens (tertiary/aromatic N) is 5. The largest absolute Gasteiger partial charge is 0.314 e. The Labute approximate surface area is 102 Å². The third-order valence-electron chi connectivity index (χ3n) is 3.85. The summed E-state index contributed by atoms with van der Waals surface area (Å²) in [5.41, 5.74) is 0. The molecule has 1 aromatic rings. The van der Waals surface area contributed by atoms with E-state index in [0.29, 0.717) is 0 Å². The molecule has 2 saturated heterocycles. The van der Waals surface area contributed by atoms with Crippen LogP contribution < -0.4 is 5.32 Å². The van der Waals surface area contributed by atoms with E-state index in [-0.39, 0.29) is 0 Å². The average Bonchev–Trinajstić information content (AvgIpc) is 2.65. The van der Waals surface area contributed by atoms with Gasteiger partial charge in [0.05, 0.1) is 6.54 Å². The van der Waals surface area contributed by atoms with Crippen molar-refractivity contribution in [2.75, 3.05) is 39.3 Å². The number of hydrogen-bond donors (Lipinski definition) is 1. The first kappa shape index (κ1) is 11.1. The van der Waals surface area contributed by atoms with Gasteiger partial charge in [-0.15, -0.1) is 0 Å². The molecule has 0 atom stereocenters. The Hall–Kier alpha value is -0.980. The highest BCUT2D eigenvalue weighted by molar-refractivity contribution is 4.89. The van der Waals surface area contributed by atoms with Gasteiger partial charge >= 0.3 is 0 Å². The van der Waals surface area contributed by atoms with E-state index in [4.69, 9.17) is 0 Å². The summed E-state index contributed by atoms with van der Waals surface area (Å²) in [6.07, 6.45) is 1.63. The van der Waals surface area contributed by atoms with E-state index in [1.54, 1.807) is 6.33 Å². The van der Waals surface area contributed by atoms with Gasteiger partial charge in [0.25, 0.3) is 0 Å². The van der Waals surface area contributed by atoms with E-state index >= 15 is 0 Å². The molecule has 0 radical (unpaired) electrons. The van der Waals surface area contributed by atoms with Crippen LogP contribution >= 0.6 is 0 Å². The monoisotopic (exact) mass is 236 g/mol. The summed E-state index contributed by atoms with van der Waals surface area (Å²) in [5, 5.41) is 7.44. The van der Waals surface area contributed by atoms with Crippen LogP contribution in [0.4, 0.5) is 0 Å². The van der Waals surface area contributed by atoms with Gasteiger partial charge in [-0.25, -0.2) is 4.98 Å². The fraction of sp³-hybridized carbons (Fsp3) is 0.818. The van der Waals surface area contributed by atoms with Crippen LogP contribution in [0.25, 0.3) is 0 Å². The maximum Gasteiger partial charge on any atom is 0.140 e. The first-order valence-electron chi connectivity index (χ1n) is 6.33. The van der Waals surface area contributed by atoms with Gasteiger partial charge in [0.1, 0.15) is 12.2 Å². The van der Waals surface area contributed by atoms with Crippen molar-refractivity contribution in [2.45, 2.75) is 12.6 Å². The summed E-state index contributed by atoms with van der Waals surface area (Å²) in [6.45, 7) is 7.92. The molecule has 6 heteroatoms. The predicted molar refractivity (Wildman–Crippen MR) is 64.5 cm³/mol. The Kier molecular flexibility index (Phi) is 3.09. The molecule has 0 aromatic carbocycles. The molecule has 0 unspecified atom stereocenters. The minimum Gasteiger partial charge on any atom is -0.314 e. The van der Waals surface area contributed by atoms with E-state index < -0.39 is 0 Å². The van der Waals surface area contributed by atoms with E-state index in [1.807, 2.05) is 11.7 Å². The zero-order chi connectivity index (χ0) is 11.7. The molecule has 1 aromatic heterocycles. The molecule has 2 fully saturated rings. The summed E-state index contributed by atoms with van der Waals surface area (Å²) >= 11 is 0. The SMILES string of the molecule is Cn1ncnc1CN1CCN(C2CNC2)CC1. The van der Waals surface area contributed by atoms with Crippen LogP contribution in [-0.4, -0.2) is 69.9 Å². The molecule has 0 bridgehead atoms. The van der Waals surface area contributed by atoms with Crippen molar-refractivity contribution in [3.8, 4) is 0 Å². The second-order valence-electron chi connectivity index (χ2n) is 4.92. The zero-order valence-corrected chi connectivity index (χ0v) is 10.3. The molecule has 2 aliphatic rings. The Bertz CT molecular complexity index is 364. The predicted octanol–water partition coefficient (Wildman–Crippen LogP) is -1.10. The maximum atomic E-state index is 4.28. The molecule has 3 heterocycles. The second kappa shape index (κ2) is 4.72. The second-order valence-corrected chi connectivity index (χ2v) is 4.92. The van der Waals surface area contributed by atoms with Gasteiger partial charge in [-0.05, 0) is 0 Å². The van der Waals surface area contributed by atoms with Crippen LogP contribution in [0.3, 0.4) is 0 Å². The lowest BCUT2D eigenvalue weighted by atomic mass is 10.1. The van der Waals surface area contributed by atoms with Gasteiger partial charge in [0, 0.05) is 52.4 Å². The molecule has 0 amide bonds. The Morgan fingerprint density at radius 3 is 2.59 bits per heavy atom. The van der Waals surface area contributed by atoms with Crippen LogP contribution in [0.15, 0.2) is 6.33 Å². The highest BCUT2D eigenvalue weighted by atomic mass is 15.4. The molecule has 94 valence electrons. The number of piperazine rings is 1. The van der Waals surface area contributed by atoms with Crippen LogP contribution in [-0.2, 0) is 13.6 Å². The Balaban J connectivity index is 1.49. The lowest BCUT2D eigenvalue weighted by molar-refractivity contribution is 0.0679. The van der Waals surface area contributed by atoms with E-state index in [0.717, 1.165) is 31.5 Å². The number of nitrogens with one attached hydrogen (secondary N) is 1. The normalized spacial score (nSPS) is 23.8. The van der Waals surface area contributed by atoms with Crippen molar-refractivity contribution in [3.05, 3.63) is 12.2 Å². The number of rotatable bonds is 3. The van der Waals surface area contributed by atoms with Crippen molar-refractivity contribution in [1.82, 2.24) is 29.9 Å². The van der Waals surface area contributed by atoms with Crippen LogP contribution in [0.1, 0.15) is 5.82 Å². The zero-order valence-electron chi connectivity index (χ0n) is 10.3. The molecule has 3 rings (SSSR count). The van der Waals surface area contributed by atoms with Crippen molar-refractivity contribution in [2.24, 2.45) is 7.05 Å². The molecular weight excluding hydrogens is 216 g/mol. The topological polar surface area (TPSA) is 49.2 Å². The van der Waals surface area contributed by atoms with Gasteiger partial charge < -0.3 is 5.32 Å². The van der Waals surface area contributed by atoms with Crippen molar-refractivity contribution in [3.63, 3.8) is 0 Å². The molecule has 0 aliphatic carbocycles.